The number of hydrogen-bond acceptors (Lipinski definition) is 2. The van der Waals surface area contributed by atoms with Gasteiger partial charge in [0.1, 0.15) is 0 Å². The summed E-state index contributed by atoms with van der Waals surface area (Å²) in [7, 11) is 0. The summed E-state index contributed by atoms with van der Waals surface area (Å²) < 4.78 is 2.61. The van der Waals surface area contributed by atoms with Gasteiger partial charge >= 0.3 is 0 Å². The first kappa shape index (κ1) is 76.7. The molecular weight excluding hydrogens is 1430 g/mol. The molecule has 0 spiro atoms. The van der Waals surface area contributed by atoms with Crippen molar-refractivity contribution in [1.29, 1.82) is 0 Å². The summed E-state index contributed by atoms with van der Waals surface area (Å²) in [4.78, 5) is 5.55. The van der Waals surface area contributed by atoms with Crippen LogP contribution in [-0.4, -0.2) is 11.3 Å². The molecule has 4 heteroatoms. The smallest absolute Gasteiger partial charge is 0.252 e. The van der Waals surface area contributed by atoms with E-state index in [9.17, 15) is 0 Å². The number of para-hydroxylation sites is 1. The van der Waals surface area contributed by atoms with E-state index >= 15 is 0 Å². The van der Waals surface area contributed by atoms with E-state index in [0.29, 0.717) is 0 Å². The summed E-state index contributed by atoms with van der Waals surface area (Å²) in [6.07, 6.45) is 0. The fraction of sp³-hybridized carbons (Fsp3) is 0.217. The lowest BCUT2D eigenvalue weighted by molar-refractivity contribution is 0.569. The summed E-state index contributed by atoms with van der Waals surface area (Å²) in [6.45, 7) is 42.4. The number of rotatable bonds is 10. The Morgan fingerprint density at radius 1 is 0.235 bits per heavy atom. The Bertz CT molecular complexity index is 6550. The summed E-state index contributed by atoms with van der Waals surface area (Å²) in [5, 5.41) is 2.43. The first-order valence-electron chi connectivity index (χ1n) is 43.0. The molecule has 0 fully saturated rings. The molecule has 119 heavy (non-hydrogen) atoms. The Hall–Kier alpha value is -12.2. The highest BCUT2D eigenvalue weighted by Gasteiger charge is 2.49. The van der Waals surface area contributed by atoms with Gasteiger partial charge in [0.2, 0.25) is 0 Å². The van der Waals surface area contributed by atoms with Crippen molar-refractivity contribution >= 4 is 79.0 Å². The van der Waals surface area contributed by atoms with Gasteiger partial charge in [-0.2, -0.15) is 0 Å². The van der Waals surface area contributed by atoms with Gasteiger partial charge < -0.3 is 14.4 Å². The second kappa shape index (κ2) is 28.0. The summed E-state index contributed by atoms with van der Waals surface area (Å²) >= 11 is 0. The molecule has 0 atom stereocenters. The normalized spacial score (nSPS) is 13.8. The molecule has 15 aromatic carbocycles. The lowest BCUT2D eigenvalue weighted by atomic mass is 9.33. The van der Waals surface area contributed by atoms with Crippen LogP contribution in [0.2, 0.25) is 0 Å². The highest BCUT2D eigenvalue weighted by atomic mass is 15.2. The van der Waals surface area contributed by atoms with Crippen molar-refractivity contribution in [3.8, 4) is 72.4 Å². The average molecular weight is 1540 g/mol. The third-order valence-corrected chi connectivity index (χ3v) is 26.1. The lowest BCUT2D eigenvalue weighted by Gasteiger charge is -2.47. The fourth-order valence-electron chi connectivity index (χ4n) is 19.6. The Morgan fingerprint density at radius 2 is 0.622 bits per heavy atom. The minimum absolute atomic E-state index is 0.0593. The molecular formula is C115H108BN3. The molecule has 3 nitrogen and oxygen atoms in total. The van der Waals surface area contributed by atoms with E-state index in [0.717, 1.165) is 56.3 Å². The van der Waals surface area contributed by atoms with Gasteiger partial charge in [0.15, 0.2) is 0 Å². The van der Waals surface area contributed by atoms with Gasteiger partial charge in [-0.05, 0) is 222 Å². The summed E-state index contributed by atoms with van der Waals surface area (Å²) in [5.74, 6) is 0. The van der Waals surface area contributed by atoms with Crippen LogP contribution in [0.3, 0.4) is 0 Å². The van der Waals surface area contributed by atoms with E-state index in [4.69, 9.17) is 0 Å². The van der Waals surface area contributed by atoms with E-state index in [1.54, 1.807) is 0 Å². The first-order valence-corrected chi connectivity index (χ1v) is 43.0. The molecule has 0 unspecified atom stereocenters. The van der Waals surface area contributed by atoms with Crippen molar-refractivity contribution in [3.63, 3.8) is 0 Å². The predicted octanol–water partition coefficient (Wildman–Crippen LogP) is 29.3. The second-order valence-corrected chi connectivity index (χ2v) is 40.2. The highest BCUT2D eigenvalue weighted by molar-refractivity contribution is 7.00. The molecule has 19 rings (SSSR count). The van der Waals surface area contributed by atoms with E-state index in [1.807, 2.05) is 0 Å². The third-order valence-electron chi connectivity index (χ3n) is 26.1. The highest BCUT2D eigenvalue weighted by Crippen LogP contribution is 2.60. The Labute approximate surface area is 706 Å². The van der Waals surface area contributed by atoms with Gasteiger partial charge in [-0.1, -0.05) is 379 Å². The molecule has 3 aliphatic rings. The van der Waals surface area contributed by atoms with Crippen LogP contribution in [0, 0.1) is 0 Å². The van der Waals surface area contributed by atoms with Crippen LogP contribution >= 0.6 is 0 Å². The molecule has 2 aliphatic heterocycles. The lowest BCUT2D eigenvalue weighted by Crippen LogP contribution is -2.61. The van der Waals surface area contributed by atoms with Crippen LogP contribution in [0.4, 0.5) is 34.1 Å². The first-order chi connectivity index (χ1) is 56.8. The number of aromatic nitrogens is 1. The van der Waals surface area contributed by atoms with E-state index in [2.05, 4.69) is 467 Å². The van der Waals surface area contributed by atoms with Crippen molar-refractivity contribution in [1.82, 2.24) is 4.57 Å². The number of anilines is 6. The maximum absolute atomic E-state index is 2.78. The minimum atomic E-state index is -0.621. The molecule has 586 valence electrons. The molecule has 3 heterocycles. The number of nitrogens with zero attached hydrogens (tertiary/aromatic N) is 3. The number of fused-ring (bicyclic) bond motifs is 10. The van der Waals surface area contributed by atoms with E-state index in [1.165, 1.54) is 144 Å². The van der Waals surface area contributed by atoms with Crippen molar-refractivity contribution in [2.45, 2.75) is 163 Å². The standard InChI is InChI=1S/C115H108BN3/c1-109(2,3)79-55-52-76(53-56-79)93-67-85(113(13,14)15)66-92(75-42-28-21-29-43-75)108(93)118-102-62-77(78-60-82(110(4,5)6)63-83(61-78)111(7,8)9)54-58-98(102)116-99-59-57-87(117-100-51-37-35-49-89(100)95-71-94-88-48-34-36-50-96(88)115(97(94)72-101(95)117,80-44-30-22-31-45-80)81-46-32-23-33-47-81)70-103(99)119(105-69-86(114(16,17)18)68-104(118)106(105)116)107-90(73-38-24-19-25-39-73)64-84(112(10,11)12)65-91(107)74-40-26-20-27-41-74/h19-72H,1-18H3. The van der Waals surface area contributed by atoms with Gasteiger partial charge in [-0.25, -0.2) is 0 Å². The Morgan fingerprint density at radius 3 is 1.09 bits per heavy atom. The van der Waals surface area contributed by atoms with Crippen molar-refractivity contribution in [2.75, 3.05) is 9.80 Å². The largest absolute Gasteiger partial charge is 0.310 e. The zero-order chi connectivity index (χ0) is 82.8. The Balaban J connectivity index is 0.987. The predicted molar refractivity (Wildman–Crippen MR) is 511 cm³/mol. The van der Waals surface area contributed by atoms with Gasteiger partial charge in [0, 0.05) is 61.5 Å². The molecule has 0 bridgehead atoms. The van der Waals surface area contributed by atoms with Gasteiger partial charge in [-0.3, -0.25) is 0 Å². The molecule has 0 amide bonds. The maximum Gasteiger partial charge on any atom is 0.252 e. The van der Waals surface area contributed by atoms with E-state index in [-0.39, 0.29) is 39.2 Å². The number of hydrogen-bond donors (Lipinski definition) is 0. The van der Waals surface area contributed by atoms with Crippen LogP contribution in [0.15, 0.2) is 328 Å². The van der Waals surface area contributed by atoms with Crippen LogP contribution < -0.4 is 26.2 Å². The summed E-state index contributed by atoms with van der Waals surface area (Å²) in [5.41, 5.74) is 39.4. The SMILES string of the molecule is CC(C)(C)c1ccc(-c2cc(C(C)(C)C)cc(-c3ccccc3)c2N2c3cc(-c4cc(C(C)(C)C)cc(C(C)(C)C)c4)ccc3B3c4ccc(-n5c6ccccc6c6cc7c(cc65)C(c5ccccc5)(c5ccccc5)c5ccccc5-7)cc4N(c4c(-c5ccccc5)cc(C(C)(C)C)cc4-c4ccccc4)c4cc(C(C)(C)C)cc2c43)cc1. The van der Waals surface area contributed by atoms with Crippen molar-refractivity contribution < 1.29 is 0 Å². The molecule has 1 aliphatic carbocycles. The van der Waals surface area contributed by atoms with E-state index < -0.39 is 5.41 Å². The summed E-state index contributed by atoms with van der Waals surface area (Å²) in [6, 6.07) is 128. The molecule has 0 saturated carbocycles. The zero-order valence-corrected chi connectivity index (χ0v) is 72.6. The minimum Gasteiger partial charge on any atom is -0.310 e. The zero-order valence-electron chi connectivity index (χ0n) is 72.6. The molecule has 0 saturated heterocycles. The molecule has 0 radical (unpaired) electrons. The third kappa shape index (κ3) is 12.8. The van der Waals surface area contributed by atoms with Crippen molar-refractivity contribution in [3.05, 3.63) is 383 Å². The second-order valence-electron chi connectivity index (χ2n) is 40.2. The van der Waals surface area contributed by atoms with Crippen LogP contribution in [0.25, 0.3) is 94.3 Å². The van der Waals surface area contributed by atoms with Crippen molar-refractivity contribution in [2.24, 2.45) is 0 Å². The number of benzene rings is 15. The fourth-order valence-corrected chi connectivity index (χ4v) is 19.6. The molecule has 0 N–H and O–H groups in total. The van der Waals surface area contributed by atoms with Gasteiger partial charge in [-0.15, -0.1) is 0 Å². The Kier molecular flexibility index (Phi) is 18.0. The maximum atomic E-state index is 2.78. The van der Waals surface area contributed by atoms with Crippen LogP contribution in [0.1, 0.15) is 180 Å². The monoisotopic (exact) mass is 1540 g/mol. The van der Waals surface area contributed by atoms with Crippen LogP contribution in [0.5, 0.6) is 0 Å². The quantitative estimate of drug-likeness (QED) is 0.126. The molecule has 16 aromatic rings. The topological polar surface area (TPSA) is 11.4 Å². The van der Waals surface area contributed by atoms with Gasteiger partial charge in [0.05, 0.1) is 27.8 Å². The molecule has 1 aromatic heterocycles. The van der Waals surface area contributed by atoms with Gasteiger partial charge in [0.25, 0.3) is 6.71 Å². The average Bonchev–Trinajstić information content (AvgIpc) is 1.61. The van der Waals surface area contributed by atoms with Crippen LogP contribution in [-0.2, 0) is 37.9 Å².